The van der Waals surface area contributed by atoms with Crippen molar-refractivity contribution in [3.05, 3.63) is 79.8 Å². The summed E-state index contributed by atoms with van der Waals surface area (Å²) in [6.45, 7) is 1.89. The van der Waals surface area contributed by atoms with Gasteiger partial charge in [-0.2, -0.15) is 13.2 Å². The summed E-state index contributed by atoms with van der Waals surface area (Å²) in [6, 6.07) is 9.02. The highest BCUT2D eigenvalue weighted by molar-refractivity contribution is 7.14. The Morgan fingerprint density at radius 3 is 2.69 bits per heavy atom. The smallest absolute Gasteiger partial charge is 0.307 e. The maximum Gasteiger partial charge on any atom is 0.416 e. The second-order valence-electron chi connectivity index (χ2n) is 6.81. The van der Waals surface area contributed by atoms with Crippen LogP contribution in [0.25, 0.3) is 22.2 Å². The Hall–Kier alpha value is -3.73. The molecule has 0 aliphatic carbocycles. The van der Waals surface area contributed by atoms with Gasteiger partial charge in [-0.05, 0) is 37.3 Å². The van der Waals surface area contributed by atoms with Gasteiger partial charge in [0.2, 0.25) is 0 Å². The quantitative estimate of drug-likeness (QED) is 0.479. The normalized spacial score (nSPS) is 11.6. The Morgan fingerprint density at radius 1 is 1.19 bits per heavy atom. The number of thiazole rings is 1. The minimum absolute atomic E-state index is 0.178. The minimum Gasteiger partial charge on any atom is -0.307 e. The highest BCUT2D eigenvalue weighted by Gasteiger charge is 2.30. The predicted octanol–water partition coefficient (Wildman–Crippen LogP) is 4.10. The summed E-state index contributed by atoms with van der Waals surface area (Å²) in [4.78, 5) is 43.7. The minimum atomic E-state index is -4.47. The van der Waals surface area contributed by atoms with E-state index in [1.807, 2.05) is 0 Å². The number of nitrogens with zero attached hydrogens (tertiary/aromatic N) is 2. The maximum atomic E-state index is 12.9. The SMILES string of the molecule is CCn1c(=O)[nH]c2cc(C(=O)Nc3nc(-c4cccc(C(F)(F)F)c4)cs3)ccc2c1=O. The molecule has 0 atom stereocenters. The number of benzene rings is 2. The largest absolute Gasteiger partial charge is 0.416 e. The molecule has 2 N–H and O–H groups in total. The van der Waals surface area contributed by atoms with Crippen molar-refractivity contribution < 1.29 is 18.0 Å². The molecule has 0 radical (unpaired) electrons. The lowest BCUT2D eigenvalue weighted by Crippen LogP contribution is -2.34. The van der Waals surface area contributed by atoms with Gasteiger partial charge in [-0.15, -0.1) is 11.3 Å². The Bertz CT molecular complexity index is 1450. The van der Waals surface area contributed by atoms with Crippen molar-refractivity contribution in [3.63, 3.8) is 0 Å². The van der Waals surface area contributed by atoms with Crippen LogP contribution in [0.4, 0.5) is 18.3 Å². The van der Waals surface area contributed by atoms with E-state index in [1.165, 1.54) is 35.7 Å². The van der Waals surface area contributed by atoms with Gasteiger partial charge in [0.1, 0.15) is 0 Å². The van der Waals surface area contributed by atoms with Crippen LogP contribution in [-0.2, 0) is 12.7 Å². The van der Waals surface area contributed by atoms with Gasteiger partial charge in [0.15, 0.2) is 5.13 Å². The molecule has 2 heterocycles. The first kappa shape index (κ1) is 21.5. The molecule has 0 saturated carbocycles. The third kappa shape index (κ3) is 4.06. The molecule has 32 heavy (non-hydrogen) atoms. The van der Waals surface area contributed by atoms with Gasteiger partial charge in [-0.25, -0.2) is 9.78 Å². The van der Waals surface area contributed by atoms with E-state index in [2.05, 4.69) is 15.3 Å². The lowest BCUT2D eigenvalue weighted by molar-refractivity contribution is -0.137. The number of amides is 1. The zero-order chi connectivity index (χ0) is 23.0. The number of halogens is 3. The fourth-order valence-electron chi connectivity index (χ4n) is 3.17. The van der Waals surface area contributed by atoms with E-state index >= 15 is 0 Å². The molecule has 0 spiro atoms. The lowest BCUT2D eigenvalue weighted by atomic mass is 10.1. The number of alkyl halides is 3. The molecule has 0 aliphatic rings. The van der Waals surface area contributed by atoms with Crippen molar-refractivity contribution in [3.8, 4) is 11.3 Å². The molecule has 7 nitrogen and oxygen atoms in total. The Kier molecular flexibility index (Phi) is 5.43. The van der Waals surface area contributed by atoms with Crippen LogP contribution in [0.1, 0.15) is 22.8 Å². The molecule has 0 saturated heterocycles. The zero-order valence-electron chi connectivity index (χ0n) is 16.5. The molecule has 0 bridgehead atoms. The van der Waals surface area contributed by atoms with E-state index in [9.17, 15) is 27.6 Å². The van der Waals surface area contributed by atoms with Gasteiger partial charge >= 0.3 is 11.9 Å². The van der Waals surface area contributed by atoms with E-state index in [-0.39, 0.29) is 33.7 Å². The van der Waals surface area contributed by atoms with Gasteiger partial charge in [-0.3, -0.25) is 19.5 Å². The number of rotatable bonds is 4. The summed E-state index contributed by atoms with van der Waals surface area (Å²) in [5.41, 5.74) is -0.858. The van der Waals surface area contributed by atoms with Crippen LogP contribution in [0, 0.1) is 0 Å². The lowest BCUT2D eigenvalue weighted by Gasteiger charge is -2.07. The monoisotopic (exact) mass is 460 g/mol. The third-order valence-corrected chi connectivity index (χ3v) is 5.53. The van der Waals surface area contributed by atoms with Crippen LogP contribution in [0.5, 0.6) is 0 Å². The van der Waals surface area contributed by atoms with E-state index < -0.39 is 28.9 Å². The van der Waals surface area contributed by atoms with Crippen LogP contribution in [0.2, 0.25) is 0 Å². The number of H-pyrrole nitrogens is 1. The number of carbonyl (C=O) groups excluding carboxylic acids is 1. The molecule has 4 aromatic rings. The Labute approximate surface area is 182 Å². The highest BCUT2D eigenvalue weighted by Crippen LogP contribution is 2.33. The number of aromatic nitrogens is 3. The van der Waals surface area contributed by atoms with Crippen LogP contribution in [-0.4, -0.2) is 20.4 Å². The second-order valence-corrected chi connectivity index (χ2v) is 7.67. The topological polar surface area (TPSA) is 96.8 Å². The van der Waals surface area contributed by atoms with E-state index in [1.54, 1.807) is 6.92 Å². The fraction of sp³-hybridized carbons (Fsp3) is 0.143. The molecular weight excluding hydrogens is 445 g/mol. The van der Waals surface area contributed by atoms with E-state index in [4.69, 9.17) is 0 Å². The molecule has 1 amide bonds. The number of fused-ring (bicyclic) bond motifs is 1. The summed E-state index contributed by atoms with van der Waals surface area (Å²) in [7, 11) is 0. The maximum absolute atomic E-state index is 12.9. The zero-order valence-corrected chi connectivity index (χ0v) is 17.3. The molecule has 2 aromatic heterocycles. The molecule has 4 rings (SSSR count). The van der Waals surface area contributed by atoms with Crippen LogP contribution in [0.3, 0.4) is 0 Å². The number of aromatic amines is 1. The molecule has 164 valence electrons. The van der Waals surface area contributed by atoms with Gasteiger partial charge < -0.3 is 4.98 Å². The highest BCUT2D eigenvalue weighted by atomic mass is 32.1. The van der Waals surface area contributed by atoms with Gasteiger partial charge in [0.25, 0.3) is 11.5 Å². The molecular formula is C21H15F3N4O3S. The first-order chi connectivity index (χ1) is 15.2. The van der Waals surface area contributed by atoms with Gasteiger partial charge in [-0.1, -0.05) is 12.1 Å². The number of nitrogens with one attached hydrogen (secondary N) is 2. The standard InChI is InChI=1S/C21H15F3N4O3S/c1-2-28-18(30)14-7-6-12(9-15(14)26-20(28)31)17(29)27-19-25-16(10-32-19)11-4-3-5-13(8-11)21(22,23)24/h3-10H,2H2,1H3,(H,26,31)(H,25,27,29). The molecule has 0 unspecified atom stereocenters. The number of anilines is 1. The number of carbonyl (C=O) groups is 1. The van der Waals surface area contributed by atoms with Crippen molar-refractivity contribution >= 4 is 33.3 Å². The second kappa shape index (κ2) is 8.08. The summed E-state index contributed by atoms with van der Waals surface area (Å²) < 4.78 is 39.9. The van der Waals surface area contributed by atoms with E-state index in [0.717, 1.165) is 28.0 Å². The fourth-order valence-corrected chi connectivity index (χ4v) is 3.89. The Morgan fingerprint density at radius 2 is 1.97 bits per heavy atom. The summed E-state index contributed by atoms with van der Waals surface area (Å²) in [6.07, 6.45) is -4.47. The van der Waals surface area contributed by atoms with Crippen molar-refractivity contribution in [2.24, 2.45) is 0 Å². The van der Waals surface area contributed by atoms with Gasteiger partial charge in [0, 0.05) is 23.1 Å². The molecule has 2 aromatic carbocycles. The summed E-state index contributed by atoms with van der Waals surface area (Å²) >= 11 is 1.06. The molecule has 11 heteroatoms. The summed E-state index contributed by atoms with van der Waals surface area (Å²) in [5.74, 6) is -0.544. The van der Waals surface area contributed by atoms with E-state index in [0.29, 0.717) is 5.69 Å². The average Bonchev–Trinajstić information content (AvgIpc) is 3.21. The summed E-state index contributed by atoms with van der Waals surface area (Å²) in [5, 5.41) is 4.58. The average molecular weight is 460 g/mol. The molecule has 0 fully saturated rings. The first-order valence-corrected chi connectivity index (χ1v) is 10.3. The number of hydrogen-bond acceptors (Lipinski definition) is 5. The first-order valence-electron chi connectivity index (χ1n) is 9.38. The van der Waals surface area contributed by atoms with Crippen LogP contribution in [0.15, 0.2) is 57.4 Å². The van der Waals surface area contributed by atoms with Gasteiger partial charge in [0.05, 0.1) is 22.2 Å². The third-order valence-electron chi connectivity index (χ3n) is 4.77. The predicted molar refractivity (Wildman–Crippen MR) is 115 cm³/mol. The van der Waals surface area contributed by atoms with Crippen molar-refractivity contribution in [2.75, 3.05) is 5.32 Å². The van der Waals surface area contributed by atoms with Crippen molar-refractivity contribution in [1.82, 2.24) is 14.5 Å². The number of hydrogen-bond donors (Lipinski definition) is 2. The van der Waals surface area contributed by atoms with Crippen molar-refractivity contribution in [2.45, 2.75) is 19.6 Å². The molecule has 0 aliphatic heterocycles. The Balaban J connectivity index is 1.59. The van der Waals surface area contributed by atoms with Crippen LogP contribution < -0.4 is 16.6 Å². The van der Waals surface area contributed by atoms with Crippen molar-refractivity contribution in [1.29, 1.82) is 0 Å². The van der Waals surface area contributed by atoms with Crippen LogP contribution >= 0.6 is 11.3 Å².